The van der Waals surface area contributed by atoms with Gasteiger partial charge in [-0.15, -0.1) is 0 Å². The fraction of sp³-hybridized carbons (Fsp3) is 0.333. The lowest BCUT2D eigenvalue weighted by Gasteiger charge is -2.25. The monoisotopic (exact) mass is 467 g/mol. The van der Waals surface area contributed by atoms with Gasteiger partial charge in [0.15, 0.2) is 0 Å². The van der Waals surface area contributed by atoms with E-state index in [4.69, 9.17) is 14.2 Å². The zero-order valence-corrected chi connectivity index (χ0v) is 20.1. The minimum Gasteiger partial charge on any atom is -0.493 e. The molecule has 180 valence electrons. The van der Waals surface area contributed by atoms with Gasteiger partial charge in [-0.1, -0.05) is 25.1 Å². The fourth-order valence-electron chi connectivity index (χ4n) is 3.61. The SMILES string of the molecule is CCCOc1ccc(-c2cccc(C(=O)OC)c2F)cc1C(C(=O)OC(C)(C)C)c1ccc[nH]1. The van der Waals surface area contributed by atoms with Gasteiger partial charge in [-0.25, -0.2) is 9.18 Å². The molecule has 2 aromatic carbocycles. The van der Waals surface area contributed by atoms with Crippen LogP contribution in [0.3, 0.4) is 0 Å². The molecule has 0 aliphatic rings. The molecule has 1 atom stereocenters. The van der Waals surface area contributed by atoms with E-state index in [1.54, 1.807) is 69.4 Å². The van der Waals surface area contributed by atoms with Crippen LogP contribution < -0.4 is 4.74 Å². The van der Waals surface area contributed by atoms with Gasteiger partial charge in [0.25, 0.3) is 0 Å². The normalized spacial score (nSPS) is 12.2. The lowest BCUT2D eigenvalue weighted by molar-refractivity contribution is -0.155. The maximum absolute atomic E-state index is 15.3. The third kappa shape index (κ3) is 5.65. The van der Waals surface area contributed by atoms with E-state index in [9.17, 15) is 9.59 Å². The number of hydrogen-bond donors (Lipinski definition) is 1. The minimum absolute atomic E-state index is 0.166. The number of hydrogen-bond acceptors (Lipinski definition) is 5. The van der Waals surface area contributed by atoms with E-state index in [1.165, 1.54) is 13.2 Å². The summed E-state index contributed by atoms with van der Waals surface area (Å²) in [5.74, 6) is -2.25. The van der Waals surface area contributed by atoms with Crippen LogP contribution >= 0.6 is 0 Å². The summed E-state index contributed by atoms with van der Waals surface area (Å²) in [6, 6.07) is 13.2. The fourth-order valence-corrected chi connectivity index (χ4v) is 3.61. The number of ether oxygens (including phenoxy) is 3. The van der Waals surface area contributed by atoms with Gasteiger partial charge in [-0.3, -0.25) is 4.79 Å². The Kier molecular flexibility index (Phi) is 7.76. The van der Waals surface area contributed by atoms with Crippen molar-refractivity contribution in [1.82, 2.24) is 4.98 Å². The topological polar surface area (TPSA) is 77.6 Å². The van der Waals surface area contributed by atoms with E-state index in [1.807, 2.05) is 6.92 Å². The Morgan fingerprint density at radius 1 is 1.09 bits per heavy atom. The number of halogens is 1. The van der Waals surface area contributed by atoms with E-state index < -0.39 is 29.3 Å². The highest BCUT2D eigenvalue weighted by Gasteiger charge is 2.32. The van der Waals surface area contributed by atoms with Crippen molar-refractivity contribution in [3.63, 3.8) is 0 Å². The molecule has 0 amide bonds. The van der Waals surface area contributed by atoms with E-state index >= 15 is 4.39 Å². The summed E-state index contributed by atoms with van der Waals surface area (Å²) >= 11 is 0. The highest BCUT2D eigenvalue weighted by molar-refractivity contribution is 5.91. The van der Waals surface area contributed by atoms with Gasteiger partial charge in [0.2, 0.25) is 0 Å². The average Bonchev–Trinajstić information content (AvgIpc) is 3.31. The zero-order valence-electron chi connectivity index (χ0n) is 20.1. The van der Waals surface area contributed by atoms with Crippen LogP contribution in [-0.2, 0) is 14.3 Å². The third-order valence-electron chi connectivity index (χ3n) is 5.07. The quantitative estimate of drug-likeness (QED) is 0.419. The van der Waals surface area contributed by atoms with Crippen molar-refractivity contribution >= 4 is 11.9 Å². The molecule has 0 saturated carbocycles. The Hall–Kier alpha value is -3.61. The number of rotatable bonds is 8. The standard InChI is InChI=1S/C27H30FNO5/c1-6-15-33-22-13-12-17(18-9-7-10-19(24(18)28)25(30)32-5)16-20(22)23(21-11-8-14-29-21)26(31)34-27(2,3)4/h7-14,16,23,29H,6,15H2,1-5H3. The van der Waals surface area contributed by atoms with E-state index in [2.05, 4.69) is 4.98 Å². The van der Waals surface area contributed by atoms with Crippen molar-refractivity contribution in [2.24, 2.45) is 0 Å². The third-order valence-corrected chi connectivity index (χ3v) is 5.07. The number of carbonyl (C=O) groups is 2. The van der Waals surface area contributed by atoms with Gasteiger partial charge in [-0.05, 0) is 63.1 Å². The Morgan fingerprint density at radius 2 is 1.85 bits per heavy atom. The van der Waals surface area contributed by atoms with Gasteiger partial charge in [0.05, 0.1) is 19.3 Å². The lowest BCUT2D eigenvalue weighted by Crippen LogP contribution is -2.28. The van der Waals surface area contributed by atoms with Crippen molar-refractivity contribution < 1.29 is 28.2 Å². The first kappa shape index (κ1) is 25.0. The number of carbonyl (C=O) groups excluding carboxylic acids is 2. The molecule has 0 saturated heterocycles. The smallest absolute Gasteiger partial charge is 0.340 e. The van der Waals surface area contributed by atoms with Gasteiger partial charge in [0, 0.05) is 23.0 Å². The number of aromatic nitrogens is 1. The molecule has 7 heteroatoms. The summed E-state index contributed by atoms with van der Waals surface area (Å²) in [5.41, 5.74) is 0.982. The molecule has 1 heterocycles. The highest BCUT2D eigenvalue weighted by Crippen LogP contribution is 2.37. The summed E-state index contributed by atoms with van der Waals surface area (Å²) in [6.45, 7) is 7.84. The maximum Gasteiger partial charge on any atom is 0.340 e. The van der Waals surface area contributed by atoms with Crippen molar-refractivity contribution in [2.75, 3.05) is 13.7 Å². The Bertz CT molecular complexity index is 1150. The van der Waals surface area contributed by atoms with Gasteiger partial charge in [-0.2, -0.15) is 0 Å². The molecule has 1 unspecified atom stereocenters. The highest BCUT2D eigenvalue weighted by atomic mass is 19.1. The predicted octanol–water partition coefficient (Wildman–Crippen LogP) is 5.87. The molecule has 1 N–H and O–H groups in total. The van der Waals surface area contributed by atoms with E-state index in [-0.39, 0.29) is 11.1 Å². The van der Waals surface area contributed by atoms with Gasteiger partial charge >= 0.3 is 11.9 Å². The number of aromatic amines is 1. The largest absolute Gasteiger partial charge is 0.493 e. The summed E-state index contributed by atoms with van der Waals surface area (Å²) < 4.78 is 31.6. The molecular formula is C27H30FNO5. The lowest BCUT2D eigenvalue weighted by atomic mass is 9.91. The molecule has 3 rings (SSSR count). The molecule has 0 fully saturated rings. The number of esters is 2. The molecule has 1 aromatic heterocycles. The van der Waals surface area contributed by atoms with Crippen LogP contribution in [0.2, 0.25) is 0 Å². The molecular weight excluding hydrogens is 437 g/mol. The maximum atomic E-state index is 15.3. The Labute approximate surface area is 199 Å². The number of H-pyrrole nitrogens is 1. The number of benzene rings is 2. The molecule has 0 bridgehead atoms. The van der Waals surface area contributed by atoms with Crippen LogP contribution in [0.5, 0.6) is 5.75 Å². The summed E-state index contributed by atoms with van der Waals surface area (Å²) in [6.07, 6.45) is 2.50. The molecule has 6 nitrogen and oxygen atoms in total. The van der Waals surface area contributed by atoms with Crippen molar-refractivity contribution in [3.05, 3.63) is 77.4 Å². The summed E-state index contributed by atoms with van der Waals surface area (Å²) in [7, 11) is 1.20. The van der Waals surface area contributed by atoms with E-state index in [0.29, 0.717) is 29.2 Å². The van der Waals surface area contributed by atoms with Crippen LogP contribution in [0.1, 0.15) is 61.6 Å². The Morgan fingerprint density at radius 3 is 2.47 bits per heavy atom. The summed E-state index contributed by atoms with van der Waals surface area (Å²) in [5, 5.41) is 0. The van der Waals surface area contributed by atoms with Crippen LogP contribution in [-0.4, -0.2) is 36.2 Å². The van der Waals surface area contributed by atoms with Crippen molar-refractivity contribution in [1.29, 1.82) is 0 Å². The zero-order chi connectivity index (χ0) is 24.9. The first-order chi connectivity index (χ1) is 16.2. The summed E-state index contributed by atoms with van der Waals surface area (Å²) in [4.78, 5) is 28.4. The number of nitrogens with one attached hydrogen (secondary N) is 1. The molecule has 34 heavy (non-hydrogen) atoms. The molecule has 0 aliphatic heterocycles. The minimum atomic E-state index is -0.826. The first-order valence-corrected chi connectivity index (χ1v) is 11.2. The first-order valence-electron chi connectivity index (χ1n) is 11.2. The second-order valence-electron chi connectivity index (χ2n) is 8.85. The number of methoxy groups -OCH3 is 1. The molecule has 3 aromatic rings. The average molecular weight is 468 g/mol. The van der Waals surface area contributed by atoms with E-state index in [0.717, 1.165) is 6.42 Å². The van der Waals surface area contributed by atoms with Gasteiger partial charge < -0.3 is 19.2 Å². The van der Waals surface area contributed by atoms with Crippen LogP contribution in [0.4, 0.5) is 4.39 Å². The van der Waals surface area contributed by atoms with Crippen molar-refractivity contribution in [3.8, 4) is 16.9 Å². The molecule has 0 aliphatic carbocycles. The molecule has 0 spiro atoms. The second-order valence-corrected chi connectivity index (χ2v) is 8.85. The van der Waals surface area contributed by atoms with Crippen LogP contribution in [0.25, 0.3) is 11.1 Å². The van der Waals surface area contributed by atoms with Gasteiger partial charge in [0.1, 0.15) is 23.1 Å². The van der Waals surface area contributed by atoms with Crippen LogP contribution in [0.15, 0.2) is 54.7 Å². The predicted molar refractivity (Wildman–Crippen MR) is 127 cm³/mol. The molecule has 0 radical (unpaired) electrons. The van der Waals surface area contributed by atoms with Crippen LogP contribution in [0, 0.1) is 5.82 Å². The second kappa shape index (κ2) is 10.5. The Balaban J connectivity index is 2.19. The van der Waals surface area contributed by atoms with Crippen molar-refractivity contribution in [2.45, 2.75) is 45.6 Å².